The minimum atomic E-state index is -0.327. The number of anilines is 1. The summed E-state index contributed by atoms with van der Waals surface area (Å²) in [6.07, 6.45) is 6.89. The lowest BCUT2D eigenvalue weighted by Gasteiger charge is -2.09. The molecule has 0 aliphatic rings. The molecule has 2 heterocycles. The number of benzene rings is 1. The fourth-order valence-electron chi connectivity index (χ4n) is 2.22. The van der Waals surface area contributed by atoms with Gasteiger partial charge in [0.1, 0.15) is 0 Å². The molecule has 3 aromatic rings. The predicted octanol–water partition coefficient (Wildman–Crippen LogP) is 1.89. The lowest BCUT2D eigenvalue weighted by molar-refractivity contribution is 0.251. The maximum atomic E-state index is 11.9. The third-order valence-electron chi connectivity index (χ3n) is 3.54. The number of hydrogen-bond donors (Lipinski definition) is 2. The van der Waals surface area contributed by atoms with Gasteiger partial charge in [-0.3, -0.25) is 4.79 Å². The van der Waals surface area contributed by atoms with Gasteiger partial charge >= 0.3 is 6.03 Å². The molecular weight excluding hydrogens is 306 g/mol. The zero-order valence-corrected chi connectivity index (χ0v) is 13.1. The van der Waals surface area contributed by atoms with Crippen molar-refractivity contribution in [3.63, 3.8) is 0 Å². The maximum absolute atomic E-state index is 11.9. The van der Waals surface area contributed by atoms with Crippen molar-refractivity contribution >= 4 is 11.7 Å². The number of urea groups is 1. The highest BCUT2D eigenvalue weighted by Gasteiger charge is 2.03. The summed E-state index contributed by atoms with van der Waals surface area (Å²) in [7, 11) is 1.63. The first-order valence-electron chi connectivity index (χ1n) is 7.40. The van der Waals surface area contributed by atoms with Crippen LogP contribution in [0.15, 0.2) is 66.1 Å². The first kappa shape index (κ1) is 15.5. The number of aryl methyl sites for hydroxylation is 1. The highest BCUT2D eigenvalue weighted by atomic mass is 16.2. The molecule has 7 nitrogen and oxygen atoms in total. The van der Waals surface area contributed by atoms with E-state index < -0.39 is 0 Å². The highest BCUT2D eigenvalue weighted by molar-refractivity contribution is 5.88. The molecule has 0 aliphatic heterocycles. The van der Waals surface area contributed by atoms with Gasteiger partial charge in [0.2, 0.25) is 5.56 Å². The molecule has 24 heavy (non-hydrogen) atoms. The lowest BCUT2D eigenvalue weighted by atomic mass is 10.2. The van der Waals surface area contributed by atoms with E-state index in [2.05, 4.69) is 15.6 Å². The van der Waals surface area contributed by atoms with Gasteiger partial charge in [-0.2, -0.15) is 0 Å². The van der Waals surface area contributed by atoms with E-state index in [4.69, 9.17) is 0 Å². The fourth-order valence-corrected chi connectivity index (χ4v) is 2.22. The molecular formula is C17H17N5O2. The summed E-state index contributed by atoms with van der Waals surface area (Å²) in [5.41, 5.74) is 2.42. The van der Waals surface area contributed by atoms with Crippen molar-refractivity contribution in [1.82, 2.24) is 19.4 Å². The summed E-state index contributed by atoms with van der Waals surface area (Å²) in [6.45, 7) is 0.405. The Labute approximate surface area is 138 Å². The normalized spacial score (nSPS) is 10.4. The zero-order chi connectivity index (χ0) is 16.9. The Morgan fingerprint density at radius 1 is 1.17 bits per heavy atom. The Morgan fingerprint density at radius 2 is 1.96 bits per heavy atom. The molecule has 0 fully saturated rings. The van der Waals surface area contributed by atoms with Gasteiger partial charge in [-0.1, -0.05) is 12.1 Å². The van der Waals surface area contributed by atoms with E-state index in [1.807, 2.05) is 35.0 Å². The summed E-state index contributed by atoms with van der Waals surface area (Å²) in [5.74, 6) is 0. The third kappa shape index (κ3) is 3.70. The molecule has 122 valence electrons. The van der Waals surface area contributed by atoms with Crippen molar-refractivity contribution in [2.75, 3.05) is 5.32 Å². The molecule has 0 spiro atoms. The number of aromatic nitrogens is 3. The average molecular weight is 323 g/mol. The number of rotatable bonds is 4. The van der Waals surface area contributed by atoms with E-state index in [0.717, 1.165) is 11.3 Å². The molecule has 2 aromatic heterocycles. The number of carbonyl (C=O) groups is 1. The van der Waals surface area contributed by atoms with Crippen LogP contribution in [0.25, 0.3) is 5.69 Å². The Kier molecular flexibility index (Phi) is 4.42. The van der Waals surface area contributed by atoms with Crippen molar-refractivity contribution < 1.29 is 4.79 Å². The van der Waals surface area contributed by atoms with Crippen molar-refractivity contribution in [3.8, 4) is 5.69 Å². The summed E-state index contributed by atoms with van der Waals surface area (Å²) < 4.78 is 3.31. The summed E-state index contributed by atoms with van der Waals surface area (Å²) >= 11 is 0. The van der Waals surface area contributed by atoms with Gasteiger partial charge < -0.3 is 19.8 Å². The number of imidazole rings is 1. The van der Waals surface area contributed by atoms with E-state index >= 15 is 0 Å². The molecule has 0 saturated heterocycles. The molecule has 2 amide bonds. The van der Waals surface area contributed by atoms with E-state index in [1.54, 1.807) is 31.8 Å². The van der Waals surface area contributed by atoms with Crippen LogP contribution < -0.4 is 16.2 Å². The first-order valence-corrected chi connectivity index (χ1v) is 7.40. The molecule has 0 bridgehead atoms. The Hall–Kier alpha value is -3.35. The van der Waals surface area contributed by atoms with Gasteiger partial charge in [-0.05, 0) is 23.8 Å². The Balaban J connectivity index is 1.56. The van der Waals surface area contributed by atoms with Crippen LogP contribution in [0.5, 0.6) is 0 Å². The molecule has 7 heteroatoms. The Morgan fingerprint density at radius 3 is 2.62 bits per heavy atom. The van der Waals surface area contributed by atoms with Crippen LogP contribution in [-0.2, 0) is 13.6 Å². The SMILES string of the molecule is Cn1cc(NC(=O)NCc2ccc(-n3ccnc3)cc2)ccc1=O. The number of nitrogens with one attached hydrogen (secondary N) is 2. The second kappa shape index (κ2) is 6.82. The zero-order valence-electron chi connectivity index (χ0n) is 13.1. The van der Waals surface area contributed by atoms with E-state index in [9.17, 15) is 9.59 Å². The number of pyridine rings is 1. The van der Waals surface area contributed by atoms with Crippen LogP contribution in [0.3, 0.4) is 0 Å². The maximum Gasteiger partial charge on any atom is 0.319 e. The lowest BCUT2D eigenvalue weighted by Crippen LogP contribution is -2.28. The smallest absolute Gasteiger partial charge is 0.319 e. The number of amides is 2. The molecule has 0 radical (unpaired) electrons. The van der Waals surface area contributed by atoms with Crippen molar-refractivity contribution in [3.05, 3.63) is 77.2 Å². The van der Waals surface area contributed by atoms with Crippen LogP contribution in [-0.4, -0.2) is 20.1 Å². The van der Waals surface area contributed by atoms with Gasteiger partial charge in [0, 0.05) is 43.9 Å². The van der Waals surface area contributed by atoms with Crippen LogP contribution in [0.4, 0.5) is 10.5 Å². The quantitative estimate of drug-likeness (QED) is 0.769. The standard InChI is InChI=1S/C17H17N5O2/c1-21-11-14(4-7-16(21)23)20-17(24)19-10-13-2-5-15(6-3-13)22-9-8-18-12-22/h2-9,11-12H,10H2,1H3,(H2,19,20,24). The monoisotopic (exact) mass is 323 g/mol. The topological polar surface area (TPSA) is 81.0 Å². The van der Waals surface area contributed by atoms with Crippen molar-refractivity contribution in [1.29, 1.82) is 0 Å². The minimum absolute atomic E-state index is 0.126. The average Bonchev–Trinajstić information content (AvgIpc) is 3.11. The Bertz CT molecular complexity index is 882. The molecule has 2 N–H and O–H groups in total. The fraction of sp³-hybridized carbons (Fsp3) is 0.118. The van der Waals surface area contributed by atoms with E-state index in [-0.39, 0.29) is 11.6 Å². The molecule has 0 aliphatic carbocycles. The largest absolute Gasteiger partial charge is 0.334 e. The second-order valence-electron chi connectivity index (χ2n) is 5.31. The molecule has 3 rings (SSSR count). The van der Waals surface area contributed by atoms with Crippen LogP contribution in [0.2, 0.25) is 0 Å². The van der Waals surface area contributed by atoms with E-state index in [0.29, 0.717) is 12.2 Å². The minimum Gasteiger partial charge on any atom is -0.334 e. The third-order valence-corrected chi connectivity index (χ3v) is 3.54. The first-order chi connectivity index (χ1) is 11.6. The predicted molar refractivity (Wildman–Crippen MR) is 91.1 cm³/mol. The molecule has 0 unspecified atom stereocenters. The number of carbonyl (C=O) groups excluding carboxylic acids is 1. The van der Waals surface area contributed by atoms with Crippen LogP contribution >= 0.6 is 0 Å². The van der Waals surface area contributed by atoms with Gasteiger partial charge in [-0.15, -0.1) is 0 Å². The molecule has 0 saturated carbocycles. The van der Waals surface area contributed by atoms with Crippen LogP contribution in [0.1, 0.15) is 5.56 Å². The number of hydrogen-bond acceptors (Lipinski definition) is 3. The second-order valence-corrected chi connectivity index (χ2v) is 5.31. The van der Waals surface area contributed by atoms with Gasteiger partial charge in [0.15, 0.2) is 0 Å². The summed E-state index contributed by atoms with van der Waals surface area (Å²) in [4.78, 5) is 27.2. The van der Waals surface area contributed by atoms with E-state index in [1.165, 1.54) is 10.6 Å². The summed E-state index contributed by atoms with van der Waals surface area (Å²) in [5, 5.41) is 5.47. The van der Waals surface area contributed by atoms with Gasteiger partial charge in [-0.25, -0.2) is 9.78 Å². The molecule has 0 atom stereocenters. The summed E-state index contributed by atoms with van der Waals surface area (Å²) in [6, 6.07) is 10.5. The van der Waals surface area contributed by atoms with Crippen molar-refractivity contribution in [2.24, 2.45) is 7.05 Å². The number of nitrogens with zero attached hydrogens (tertiary/aromatic N) is 3. The highest BCUT2D eigenvalue weighted by Crippen LogP contribution is 2.09. The van der Waals surface area contributed by atoms with Gasteiger partial charge in [0.25, 0.3) is 0 Å². The van der Waals surface area contributed by atoms with Gasteiger partial charge in [0.05, 0.1) is 12.0 Å². The molecule has 1 aromatic carbocycles. The van der Waals surface area contributed by atoms with Crippen molar-refractivity contribution in [2.45, 2.75) is 6.54 Å². The van der Waals surface area contributed by atoms with Crippen LogP contribution in [0, 0.1) is 0 Å².